The monoisotopic (exact) mass is 716 g/mol. The summed E-state index contributed by atoms with van der Waals surface area (Å²) < 4.78 is 50.5. The van der Waals surface area contributed by atoms with E-state index in [1.807, 2.05) is 27.1 Å². The maximum atomic E-state index is 14.2. The number of hydrogen-bond acceptors (Lipinski definition) is 7. The smallest absolute Gasteiger partial charge is 0.361 e. The highest BCUT2D eigenvalue weighted by atomic mass is 19.4. The Balaban J connectivity index is 1.27. The minimum atomic E-state index is -4.66. The third kappa shape index (κ3) is 7.40. The average molecular weight is 717 g/mol. The van der Waals surface area contributed by atoms with E-state index in [1.54, 1.807) is 35.2 Å². The molecule has 3 aromatic heterocycles. The first-order valence-electron chi connectivity index (χ1n) is 16.5. The average Bonchev–Trinajstić information content (AvgIpc) is 3.81. The number of aromatic nitrogens is 5. The van der Waals surface area contributed by atoms with Gasteiger partial charge in [-0.3, -0.25) is 19.1 Å². The van der Waals surface area contributed by atoms with Crippen LogP contribution in [-0.4, -0.2) is 85.3 Å². The summed E-state index contributed by atoms with van der Waals surface area (Å²) >= 11 is 0. The van der Waals surface area contributed by atoms with Crippen molar-refractivity contribution in [3.63, 3.8) is 0 Å². The van der Waals surface area contributed by atoms with E-state index in [2.05, 4.69) is 21.6 Å². The lowest BCUT2D eigenvalue weighted by atomic mass is 10.0. The van der Waals surface area contributed by atoms with Crippen molar-refractivity contribution in [2.24, 2.45) is 7.05 Å². The Morgan fingerprint density at radius 3 is 2.40 bits per heavy atom. The maximum Gasteiger partial charge on any atom is 0.416 e. The van der Waals surface area contributed by atoms with Gasteiger partial charge in [0.1, 0.15) is 29.3 Å². The van der Waals surface area contributed by atoms with Crippen LogP contribution in [0.15, 0.2) is 76.2 Å². The number of carbonyl (C=O) groups excluding carboxylic acids is 2. The molecule has 0 bridgehead atoms. The van der Waals surface area contributed by atoms with E-state index in [0.717, 1.165) is 22.5 Å². The summed E-state index contributed by atoms with van der Waals surface area (Å²) in [4.78, 5) is 43.3. The summed E-state index contributed by atoms with van der Waals surface area (Å²) in [6, 6.07) is 15.9. The number of amides is 2. The van der Waals surface area contributed by atoms with Crippen molar-refractivity contribution < 1.29 is 31.8 Å². The molecule has 0 aliphatic carbocycles. The zero-order valence-electron chi connectivity index (χ0n) is 29.0. The van der Waals surface area contributed by atoms with Gasteiger partial charge in [0.05, 0.1) is 54.6 Å². The molecule has 0 radical (unpaired) electrons. The number of nitriles is 1. The van der Waals surface area contributed by atoms with Crippen LogP contribution in [0.25, 0.3) is 22.8 Å². The van der Waals surface area contributed by atoms with Crippen molar-refractivity contribution in [1.29, 1.82) is 5.26 Å². The van der Waals surface area contributed by atoms with Gasteiger partial charge in [0.15, 0.2) is 6.54 Å². The Bertz CT molecular complexity index is 2210. The first-order chi connectivity index (χ1) is 24.6. The highest BCUT2D eigenvalue weighted by molar-refractivity contribution is 6.00. The van der Waals surface area contributed by atoms with Crippen LogP contribution in [0.5, 0.6) is 0 Å². The third-order valence-corrected chi connectivity index (χ3v) is 9.05. The number of quaternary nitrogens is 1. The van der Waals surface area contributed by atoms with Gasteiger partial charge in [0.2, 0.25) is 0 Å². The fourth-order valence-corrected chi connectivity index (χ4v) is 6.56. The Hall–Kier alpha value is -5.95. The minimum absolute atomic E-state index is 0.0413. The predicted octanol–water partition coefficient (Wildman–Crippen LogP) is 4.21. The quantitative estimate of drug-likeness (QED) is 0.225. The number of hydrogen-bond donors (Lipinski definition) is 1. The molecule has 0 spiro atoms. The molecule has 1 aliphatic heterocycles. The van der Waals surface area contributed by atoms with Crippen LogP contribution in [0.2, 0.25) is 0 Å². The Morgan fingerprint density at radius 2 is 1.77 bits per heavy atom. The number of aryl methyl sites for hydroxylation is 1. The molecule has 4 heterocycles. The number of alkyl halides is 3. The van der Waals surface area contributed by atoms with Gasteiger partial charge in [0.25, 0.3) is 17.4 Å². The van der Waals surface area contributed by atoms with Crippen LogP contribution in [0.3, 0.4) is 0 Å². The molecule has 2 aromatic carbocycles. The fraction of sp³-hybridized carbons (Fsp3) is 0.333. The molecule has 13 nitrogen and oxygen atoms in total. The lowest BCUT2D eigenvalue weighted by Crippen LogP contribution is -2.52. The Morgan fingerprint density at radius 1 is 1.06 bits per heavy atom. The van der Waals surface area contributed by atoms with Crippen molar-refractivity contribution in [2.45, 2.75) is 38.5 Å². The van der Waals surface area contributed by atoms with Gasteiger partial charge in [-0.25, -0.2) is 9.36 Å². The first-order valence-corrected chi connectivity index (χ1v) is 16.5. The third-order valence-electron chi connectivity index (χ3n) is 9.05. The second kappa shape index (κ2) is 14.0. The van der Waals surface area contributed by atoms with Gasteiger partial charge in [-0.15, -0.1) is 0 Å². The Labute approximate surface area is 296 Å². The first kappa shape index (κ1) is 35.9. The number of benzene rings is 2. The van der Waals surface area contributed by atoms with Gasteiger partial charge in [0, 0.05) is 32.2 Å². The number of carbonyl (C=O) groups is 2. The standard InChI is InChI=1S/C36H36F3N9O4/c1-23-18-27(43-52-23)21-48(3,4)22-31(49)45-16-13-26(14-17-45)42-34(50)32-33(30-12-15-41-46(30)28-10-8-24(20-40)9-11-28)44(2)47(35(32)51)29-7-5-6-25(19-29)36(37,38)39/h5-12,15,18-19,26H,13-14,16-17,21-22H2,1-4H3/p+1. The van der Waals surface area contributed by atoms with Crippen molar-refractivity contribution in [3.05, 3.63) is 105 Å². The van der Waals surface area contributed by atoms with Crippen LogP contribution in [0, 0.1) is 18.3 Å². The number of nitrogens with one attached hydrogen (secondary N) is 1. The van der Waals surface area contributed by atoms with Crippen LogP contribution in [0.1, 0.15) is 45.8 Å². The normalized spacial score (nSPS) is 14.0. The van der Waals surface area contributed by atoms with Gasteiger partial charge >= 0.3 is 6.18 Å². The lowest BCUT2D eigenvalue weighted by molar-refractivity contribution is -0.896. The van der Waals surface area contributed by atoms with E-state index in [4.69, 9.17) is 4.52 Å². The predicted molar refractivity (Wildman–Crippen MR) is 182 cm³/mol. The highest BCUT2D eigenvalue weighted by Crippen LogP contribution is 2.31. The molecular formula is C36H37F3N9O4+. The number of rotatable bonds is 9. The molecule has 2 amide bonds. The van der Waals surface area contributed by atoms with Gasteiger partial charge in [-0.1, -0.05) is 11.2 Å². The second-order valence-corrected chi connectivity index (χ2v) is 13.5. The number of nitrogens with zero attached hydrogens (tertiary/aromatic N) is 8. The van der Waals surface area contributed by atoms with E-state index >= 15 is 0 Å². The molecule has 1 N–H and O–H groups in total. The summed E-state index contributed by atoms with van der Waals surface area (Å²) in [5.74, 6) is -0.0562. The summed E-state index contributed by atoms with van der Waals surface area (Å²) in [7, 11) is 5.36. The number of likely N-dealkylation sites (tertiary alicyclic amines) is 1. The van der Waals surface area contributed by atoms with E-state index in [9.17, 15) is 32.8 Å². The summed E-state index contributed by atoms with van der Waals surface area (Å²) in [6.07, 6.45) is -2.33. The zero-order valence-corrected chi connectivity index (χ0v) is 29.0. The molecule has 52 heavy (non-hydrogen) atoms. The van der Waals surface area contributed by atoms with Crippen LogP contribution in [-0.2, 0) is 24.6 Å². The molecule has 270 valence electrons. The van der Waals surface area contributed by atoms with Crippen LogP contribution >= 0.6 is 0 Å². The number of likely N-dealkylation sites (N-methyl/N-ethyl adjacent to an activating group) is 1. The molecular weight excluding hydrogens is 679 g/mol. The topological polar surface area (TPSA) is 144 Å². The summed E-state index contributed by atoms with van der Waals surface area (Å²) in [5, 5.41) is 20.6. The van der Waals surface area contributed by atoms with Crippen LogP contribution in [0.4, 0.5) is 13.2 Å². The maximum absolute atomic E-state index is 14.2. The van der Waals surface area contributed by atoms with E-state index in [1.165, 1.54) is 34.7 Å². The fourth-order valence-electron chi connectivity index (χ4n) is 6.56. The molecule has 16 heteroatoms. The second-order valence-electron chi connectivity index (χ2n) is 13.5. The summed E-state index contributed by atoms with van der Waals surface area (Å²) in [6.45, 7) is 3.32. The SMILES string of the molecule is Cc1cc(C[N+](C)(C)CC(=O)N2CCC(NC(=O)c3c(-c4ccnn4-c4ccc(C#N)cc4)n(C)n(-c4cccc(C(F)(F)F)c4)c3=O)CC2)no1. The van der Waals surface area contributed by atoms with Crippen molar-refractivity contribution in [2.75, 3.05) is 33.7 Å². The van der Waals surface area contributed by atoms with Crippen molar-refractivity contribution in [1.82, 2.24) is 34.5 Å². The molecule has 1 saturated heterocycles. The zero-order chi connectivity index (χ0) is 37.4. The molecule has 1 fully saturated rings. The summed E-state index contributed by atoms with van der Waals surface area (Å²) in [5.41, 5.74) is -0.00282. The lowest BCUT2D eigenvalue weighted by Gasteiger charge is -2.35. The van der Waals surface area contributed by atoms with Crippen LogP contribution < -0.4 is 10.9 Å². The van der Waals surface area contributed by atoms with Gasteiger partial charge < -0.3 is 19.2 Å². The van der Waals surface area contributed by atoms with Gasteiger partial charge in [-0.2, -0.15) is 23.5 Å². The van der Waals surface area contributed by atoms with E-state index < -0.39 is 23.2 Å². The van der Waals surface area contributed by atoms with E-state index in [-0.39, 0.29) is 35.4 Å². The highest BCUT2D eigenvalue weighted by Gasteiger charge is 2.34. The van der Waals surface area contributed by atoms with Crippen molar-refractivity contribution in [3.8, 4) is 28.8 Å². The van der Waals surface area contributed by atoms with Crippen molar-refractivity contribution >= 4 is 11.8 Å². The molecule has 5 aromatic rings. The molecule has 6 rings (SSSR count). The number of piperidine rings is 1. The molecule has 0 atom stereocenters. The number of halogens is 3. The molecule has 0 unspecified atom stereocenters. The molecule has 1 aliphatic rings. The van der Waals surface area contributed by atoms with E-state index in [0.29, 0.717) is 59.7 Å². The molecule has 0 saturated carbocycles. The Kier molecular flexibility index (Phi) is 9.65. The minimum Gasteiger partial charge on any atom is -0.361 e. The van der Waals surface area contributed by atoms with Gasteiger partial charge in [-0.05, 0) is 68.3 Å². The largest absolute Gasteiger partial charge is 0.416 e.